The molecule has 4 heteroatoms. The van der Waals surface area contributed by atoms with Gasteiger partial charge in [0.05, 0.1) is 6.61 Å². The van der Waals surface area contributed by atoms with Gasteiger partial charge in [0, 0.05) is 4.90 Å². The molecule has 0 heterocycles. The van der Waals surface area contributed by atoms with Crippen molar-refractivity contribution in [3.63, 3.8) is 0 Å². The molecule has 0 saturated heterocycles. The second-order valence-corrected chi connectivity index (χ2v) is 6.66. The van der Waals surface area contributed by atoms with Crippen molar-refractivity contribution in [3.05, 3.63) is 35.9 Å². The molecule has 1 aliphatic rings. The number of carboxylic acid groups (broad SMARTS) is 1. The van der Waals surface area contributed by atoms with Gasteiger partial charge < -0.3 is 9.84 Å². The van der Waals surface area contributed by atoms with Gasteiger partial charge in [-0.05, 0) is 42.6 Å². The molecular weight excluding hydrogens is 284 g/mol. The van der Waals surface area contributed by atoms with E-state index in [9.17, 15) is 9.90 Å². The van der Waals surface area contributed by atoms with Crippen molar-refractivity contribution in [2.45, 2.75) is 31.6 Å². The molecule has 2 unspecified atom stereocenters. The summed E-state index contributed by atoms with van der Waals surface area (Å²) >= 11 is 1.53. The molecule has 1 N–H and O–H groups in total. The minimum absolute atomic E-state index is 0.295. The topological polar surface area (TPSA) is 46.5 Å². The highest BCUT2D eigenvalue weighted by atomic mass is 32.2. The predicted octanol–water partition coefficient (Wildman–Crippen LogP) is 4.48. The quantitative estimate of drug-likeness (QED) is 0.622. The first kappa shape index (κ1) is 16.0. The first-order valence-electron chi connectivity index (χ1n) is 7.40. The Balaban J connectivity index is 2.13. The highest BCUT2D eigenvalue weighted by Gasteiger charge is 2.21. The van der Waals surface area contributed by atoms with Crippen molar-refractivity contribution >= 4 is 17.7 Å². The van der Waals surface area contributed by atoms with E-state index in [1.165, 1.54) is 11.8 Å². The normalized spacial score (nSPS) is 21.2. The van der Waals surface area contributed by atoms with Gasteiger partial charge in [0.1, 0.15) is 11.3 Å². The lowest BCUT2D eigenvalue weighted by atomic mass is 9.85. The number of allylic oxidation sites excluding steroid dienone is 2. The van der Waals surface area contributed by atoms with Crippen LogP contribution in [0.15, 0.2) is 35.2 Å². The second kappa shape index (κ2) is 7.55. The summed E-state index contributed by atoms with van der Waals surface area (Å²) in [5.41, 5.74) is 0.295. The summed E-state index contributed by atoms with van der Waals surface area (Å²) in [4.78, 5) is 12.3. The first-order valence-corrected chi connectivity index (χ1v) is 8.39. The van der Waals surface area contributed by atoms with E-state index in [0.717, 1.165) is 23.5 Å². The Morgan fingerprint density at radius 2 is 2.14 bits per heavy atom. The Morgan fingerprint density at radius 3 is 2.81 bits per heavy atom. The number of hydrogen-bond donors (Lipinski definition) is 1. The van der Waals surface area contributed by atoms with Crippen molar-refractivity contribution in [3.8, 4) is 5.75 Å². The van der Waals surface area contributed by atoms with Gasteiger partial charge in [-0.25, -0.2) is 4.79 Å². The molecule has 1 aromatic rings. The number of carbonyl (C=O) groups is 1. The molecule has 21 heavy (non-hydrogen) atoms. The maximum Gasteiger partial charge on any atom is 0.340 e. The summed E-state index contributed by atoms with van der Waals surface area (Å²) in [6, 6.07) is 5.47. The average molecular weight is 306 g/mol. The van der Waals surface area contributed by atoms with Gasteiger partial charge in [0.15, 0.2) is 0 Å². The molecule has 0 spiro atoms. The summed E-state index contributed by atoms with van der Waals surface area (Å²) in [5, 5.41) is 9.46. The van der Waals surface area contributed by atoms with Gasteiger partial charge in [-0.15, -0.1) is 11.8 Å². The maximum absolute atomic E-state index is 11.5. The largest absolute Gasteiger partial charge is 0.492 e. The van der Waals surface area contributed by atoms with E-state index >= 15 is 0 Å². The van der Waals surface area contributed by atoms with E-state index in [4.69, 9.17) is 4.74 Å². The van der Waals surface area contributed by atoms with Crippen molar-refractivity contribution < 1.29 is 14.6 Å². The number of aromatic carboxylic acids is 1. The number of hydrogen-bond acceptors (Lipinski definition) is 3. The third-order valence-electron chi connectivity index (χ3n) is 3.87. The highest BCUT2D eigenvalue weighted by Crippen LogP contribution is 2.32. The molecule has 0 radical (unpaired) electrons. The molecule has 1 aromatic carbocycles. The summed E-state index contributed by atoms with van der Waals surface area (Å²) in [5.74, 6) is 1.45. The lowest BCUT2D eigenvalue weighted by Gasteiger charge is -2.25. The van der Waals surface area contributed by atoms with Crippen LogP contribution in [0.1, 0.15) is 37.0 Å². The Hall–Kier alpha value is -1.42. The van der Waals surface area contributed by atoms with Gasteiger partial charge >= 0.3 is 5.97 Å². The van der Waals surface area contributed by atoms with E-state index < -0.39 is 5.97 Å². The van der Waals surface area contributed by atoms with Crippen LogP contribution in [0.5, 0.6) is 5.75 Å². The Morgan fingerprint density at radius 1 is 1.38 bits per heavy atom. The number of thioether (sulfide) groups is 1. The van der Waals surface area contributed by atoms with Crippen LogP contribution in [-0.4, -0.2) is 23.4 Å². The lowest BCUT2D eigenvalue weighted by molar-refractivity contribution is 0.0686. The monoisotopic (exact) mass is 306 g/mol. The van der Waals surface area contributed by atoms with Crippen molar-refractivity contribution in [2.24, 2.45) is 11.8 Å². The Bertz CT molecular complexity index is 525. The van der Waals surface area contributed by atoms with E-state index in [0.29, 0.717) is 29.8 Å². The van der Waals surface area contributed by atoms with Gasteiger partial charge in [-0.1, -0.05) is 32.1 Å². The summed E-state index contributed by atoms with van der Waals surface area (Å²) in [6.07, 6.45) is 6.48. The molecule has 1 aliphatic carbocycles. The Kier molecular flexibility index (Phi) is 5.74. The fraction of sp³-hybridized carbons (Fsp3) is 0.471. The van der Waals surface area contributed by atoms with E-state index in [2.05, 4.69) is 19.1 Å². The molecule has 0 aromatic heterocycles. The van der Waals surface area contributed by atoms with E-state index in [-0.39, 0.29) is 0 Å². The minimum Gasteiger partial charge on any atom is -0.492 e. The summed E-state index contributed by atoms with van der Waals surface area (Å²) < 4.78 is 5.87. The number of carboxylic acids is 1. The Labute approximate surface area is 130 Å². The molecule has 2 atom stereocenters. The molecule has 114 valence electrons. The predicted molar refractivity (Wildman–Crippen MR) is 86.3 cm³/mol. The zero-order valence-electron chi connectivity index (χ0n) is 12.5. The second-order valence-electron chi connectivity index (χ2n) is 5.36. The maximum atomic E-state index is 11.5. The fourth-order valence-electron chi connectivity index (χ4n) is 2.55. The first-order chi connectivity index (χ1) is 10.1. The number of benzene rings is 1. The number of ether oxygens (including phenoxy) is 1. The van der Waals surface area contributed by atoms with Crippen LogP contribution in [0, 0.1) is 11.8 Å². The zero-order chi connectivity index (χ0) is 15.2. The summed E-state index contributed by atoms with van der Waals surface area (Å²) in [7, 11) is 0. The van der Waals surface area contributed by atoms with Crippen LogP contribution in [-0.2, 0) is 0 Å². The molecule has 0 saturated carbocycles. The standard InChI is InChI=1S/C17H22O3S/c1-3-21-15-10-6-9-14(16(15)17(18)19)20-11-13-8-5-4-7-12(13)2/h4-6,9-10,12-13H,3,7-8,11H2,1-2H3,(H,18,19). The molecule has 0 amide bonds. The fourth-order valence-corrected chi connectivity index (χ4v) is 3.37. The van der Waals surface area contributed by atoms with Gasteiger partial charge in [0.25, 0.3) is 0 Å². The van der Waals surface area contributed by atoms with E-state index in [1.54, 1.807) is 6.07 Å². The minimum atomic E-state index is -0.918. The van der Waals surface area contributed by atoms with Crippen LogP contribution in [0.4, 0.5) is 0 Å². The smallest absolute Gasteiger partial charge is 0.340 e. The van der Waals surface area contributed by atoms with E-state index in [1.807, 2.05) is 19.1 Å². The zero-order valence-corrected chi connectivity index (χ0v) is 13.4. The molecular formula is C17H22O3S. The third kappa shape index (κ3) is 4.03. The van der Waals surface area contributed by atoms with Gasteiger partial charge in [-0.2, -0.15) is 0 Å². The number of rotatable bonds is 6. The SMILES string of the molecule is CCSc1cccc(OCC2CC=CCC2C)c1C(=O)O. The third-order valence-corrected chi connectivity index (χ3v) is 4.81. The summed E-state index contributed by atoms with van der Waals surface area (Å²) in [6.45, 7) is 4.81. The van der Waals surface area contributed by atoms with Crippen molar-refractivity contribution in [1.29, 1.82) is 0 Å². The lowest BCUT2D eigenvalue weighted by Crippen LogP contribution is -2.21. The molecule has 3 nitrogen and oxygen atoms in total. The van der Waals surface area contributed by atoms with Crippen molar-refractivity contribution in [1.82, 2.24) is 0 Å². The van der Waals surface area contributed by atoms with Crippen LogP contribution in [0.3, 0.4) is 0 Å². The van der Waals surface area contributed by atoms with Crippen LogP contribution < -0.4 is 4.74 Å². The van der Waals surface area contributed by atoms with Crippen LogP contribution >= 0.6 is 11.8 Å². The molecule has 0 aliphatic heterocycles. The van der Waals surface area contributed by atoms with Gasteiger partial charge in [-0.3, -0.25) is 0 Å². The molecule has 0 bridgehead atoms. The van der Waals surface area contributed by atoms with Crippen LogP contribution in [0.2, 0.25) is 0 Å². The van der Waals surface area contributed by atoms with Crippen molar-refractivity contribution in [2.75, 3.05) is 12.4 Å². The highest BCUT2D eigenvalue weighted by molar-refractivity contribution is 7.99. The van der Waals surface area contributed by atoms with Gasteiger partial charge in [0.2, 0.25) is 0 Å². The average Bonchev–Trinajstić information content (AvgIpc) is 2.46. The molecule has 0 fully saturated rings. The molecule has 2 rings (SSSR count). The van der Waals surface area contributed by atoms with Crippen LogP contribution in [0.25, 0.3) is 0 Å².